The Morgan fingerprint density at radius 2 is 1.79 bits per heavy atom. The molecule has 0 spiro atoms. The summed E-state index contributed by atoms with van der Waals surface area (Å²) in [5.74, 6) is 1.29. The monoisotopic (exact) mass is 443 g/mol. The van der Waals surface area contributed by atoms with E-state index in [-0.39, 0.29) is 29.8 Å². The first-order valence-electron chi connectivity index (χ1n) is 7.54. The molecule has 2 aromatic carbocycles. The number of benzene rings is 2. The quantitative estimate of drug-likeness (QED) is 0.409. The van der Waals surface area contributed by atoms with E-state index < -0.39 is 0 Å². The number of nitrogens with one attached hydrogen (secondary N) is 2. The molecule has 0 aliphatic rings. The van der Waals surface area contributed by atoms with Crippen molar-refractivity contribution in [1.82, 2.24) is 10.6 Å². The Labute approximate surface area is 159 Å². The van der Waals surface area contributed by atoms with Gasteiger partial charge in [0, 0.05) is 25.7 Å². The fourth-order valence-electron chi connectivity index (χ4n) is 2.16. The summed E-state index contributed by atoms with van der Waals surface area (Å²) in [7, 11) is 3.35. The van der Waals surface area contributed by atoms with Gasteiger partial charge in [-0.25, -0.2) is 4.39 Å². The van der Waals surface area contributed by atoms with Gasteiger partial charge in [0.25, 0.3) is 0 Å². The lowest BCUT2D eigenvalue weighted by atomic mass is 10.1. The molecule has 0 fully saturated rings. The van der Waals surface area contributed by atoms with Gasteiger partial charge in [0.15, 0.2) is 5.96 Å². The van der Waals surface area contributed by atoms with Crippen molar-refractivity contribution in [3.05, 3.63) is 65.5 Å². The first-order chi connectivity index (χ1) is 11.2. The van der Waals surface area contributed by atoms with Crippen LogP contribution >= 0.6 is 24.0 Å². The number of aliphatic imine (C=N–C) groups is 1. The number of guanidine groups is 1. The lowest BCUT2D eigenvalue weighted by Gasteiger charge is -2.12. The molecule has 0 amide bonds. The summed E-state index contributed by atoms with van der Waals surface area (Å²) >= 11 is 0. The van der Waals surface area contributed by atoms with Crippen LogP contribution in [-0.2, 0) is 13.0 Å². The summed E-state index contributed by atoms with van der Waals surface area (Å²) in [6.45, 7) is 1.14. The van der Waals surface area contributed by atoms with Crippen LogP contribution in [0.4, 0.5) is 4.39 Å². The van der Waals surface area contributed by atoms with Gasteiger partial charge in [0.05, 0.1) is 7.11 Å². The summed E-state index contributed by atoms with van der Waals surface area (Å²) in [5, 5.41) is 6.33. The van der Waals surface area contributed by atoms with Crippen molar-refractivity contribution in [2.24, 2.45) is 4.99 Å². The molecule has 0 atom stereocenters. The summed E-state index contributed by atoms with van der Waals surface area (Å²) in [6.07, 6.45) is 0.865. The molecule has 2 N–H and O–H groups in total. The molecule has 24 heavy (non-hydrogen) atoms. The second-order valence-electron chi connectivity index (χ2n) is 5.04. The highest BCUT2D eigenvalue weighted by molar-refractivity contribution is 14.0. The average molecular weight is 443 g/mol. The molecule has 6 heteroatoms. The van der Waals surface area contributed by atoms with E-state index >= 15 is 0 Å². The third kappa shape index (κ3) is 6.35. The van der Waals surface area contributed by atoms with E-state index in [1.165, 1.54) is 11.6 Å². The predicted octanol–water partition coefficient (Wildman–Crippen LogP) is 3.36. The van der Waals surface area contributed by atoms with E-state index in [1.54, 1.807) is 26.3 Å². The lowest BCUT2D eigenvalue weighted by molar-refractivity contribution is 0.414. The predicted molar refractivity (Wildman–Crippen MR) is 107 cm³/mol. The van der Waals surface area contributed by atoms with Crippen LogP contribution in [0.5, 0.6) is 5.75 Å². The van der Waals surface area contributed by atoms with Crippen LogP contribution in [0.2, 0.25) is 0 Å². The normalized spacial score (nSPS) is 10.7. The van der Waals surface area contributed by atoms with Crippen LogP contribution in [-0.4, -0.2) is 26.7 Å². The molecule has 0 aromatic heterocycles. The lowest BCUT2D eigenvalue weighted by Crippen LogP contribution is -2.38. The maximum Gasteiger partial charge on any atom is 0.191 e. The molecule has 0 radical (unpaired) electrons. The zero-order valence-electron chi connectivity index (χ0n) is 13.9. The van der Waals surface area contributed by atoms with Crippen molar-refractivity contribution in [1.29, 1.82) is 0 Å². The molecule has 0 saturated heterocycles. The van der Waals surface area contributed by atoms with Crippen molar-refractivity contribution in [2.45, 2.75) is 13.0 Å². The fourth-order valence-corrected chi connectivity index (χ4v) is 2.16. The highest BCUT2D eigenvalue weighted by Gasteiger charge is 2.02. The Morgan fingerprint density at radius 1 is 1.08 bits per heavy atom. The Morgan fingerprint density at radius 3 is 2.42 bits per heavy atom. The van der Waals surface area contributed by atoms with Crippen molar-refractivity contribution in [3.8, 4) is 5.75 Å². The summed E-state index contributed by atoms with van der Waals surface area (Å²) in [4.78, 5) is 4.14. The number of methoxy groups -OCH3 is 1. The van der Waals surface area contributed by atoms with Gasteiger partial charge in [-0.05, 0) is 30.2 Å². The molecular weight excluding hydrogens is 420 g/mol. The molecule has 0 aliphatic heterocycles. The Bertz CT molecular complexity index is 647. The van der Waals surface area contributed by atoms with Crippen LogP contribution in [0.1, 0.15) is 11.1 Å². The minimum absolute atomic E-state index is 0. The van der Waals surface area contributed by atoms with Crippen molar-refractivity contribution >= 4 is 29.9 Å². The first kappa shape index (κ1) is 20.2. The molecular formula is C18H23FIN3O. The van der Waals surface area contributed by atoms with Crippen LogP contribution in [0.3, 0.4) is 0 Å². The summed E-state index contributed by atoms with van der Waals surface area (Å²) < 4.78 is 18.7. The SMILES string of the molecule is CN=C(NCCc1ccc(OC)cc1)NCc1ccccc1F.I. The van der Waals surface area contributed by atoms with Gasteiger partial charge in [-0.15, -0.1) is 24.0 Å². The van der Waals surface area contributed by atoms with Gasteiger partial charge in [0.1, 0.15) is 11.6 Å². The third-order valence-corrected chi connectivity index (χ3v) is 3.49. The van der Waals surface area contributed by atoms with Gasteiger partial charge in [-0.3, -0.25) is 4.99 Å². The number of ether oxygens (including phenoxy) is 1. The molecule has 130 valence electrons. The number of nitrogens with zero attached hydrogens (tertiary/aromatic N) is 1. The Balaban J connectivity index is 0.00000288. The van der Waals surface area contributed by atoms with E-state index in [2.05, 4.69) is 15.6 Å². The topological polar surface area (TPSA) is 45.7 Å². The van der Waals surface area contributed by atoms with Crippen molar-refractivity contribution in [2.75, 3.05) is 20.7 Å². The van der Waals surface area contributed by atoms with Crippen LogP contribution < -0.4 is 15.4 Å². The number of hydrogen-bond acceptors (Lipinski definition) is 2. The van der Waals surface area contributed by atoms with Gasteiger partial charge in [0.2, 0.25) is 0 Å². The summed E-state index contributed by atoms with van der Waals surface area (Å²) in [6, 6.07) is 14.7. The highest BCUT2D eigenvalue weighted by Crippen LogP contribution is 2.11. The summed E-state index contributed by atoms with van der Waals surface area (Å²) in [5.41, 5.74) is 1.83. The van der Waals surface area contributed by atoms with E-state index in [0.29, 0.717) is 18.1 Å². The van der Waals surface area contributed by atoms with Crippen LogP contribution in [0, 0.1) is 5.82 Å². The smallest absolute Gasteiger partial charge is 0.191 e. The minimum atomic E-state index is -0.214. The fraction of sp³-hybridized carbons (Fsp3) is 0.278. The third-order valence-electron chi connectivity index (χ3n) is 3.49. The molecule has 0 aliphatic carbocycles. The average Bonchev–Trinajstić information content (AvgIpc) is 2.59. The highest BCUT2D eigenvalue weighted by atomic mass is 127. The molecule has 0 unspecified atom stereocenters. The second-order valence-corrected chi connectivity index (χ2v) is 5.04. The van der Waals surface area contributed by atoms with Gasteiger partial charge >= 0.3 is 0 Å². The number of rotatable bonds is 6. The Hall–Kier alpha value is -1.83. The van der Waals surface area contributed by atoms with E-state index in [9.17, 15) is 4.39 Å². The van der Waals surface area contributed by atoms with Crippen LogP contribution in [0.15, 0.2) is 53.5 Å². The van der Waals surface area contributed by atoms with E-state index in [0.717, 1.165) is 18.7 Å². The van der Waals surface area contributed by atoms with E-state index in [4.69, 9.17) is 4.74 Å². The standard InChI is InChI=1S/C18H22FN3O.HI/c1-20-18(22-13-15-5-3-4-6-17(15)19)21-12-11-14-7-9-16(23-2)10-8-14;/h3-10H,11-13H2,1-2H3,(H2,20,21,22);1H. The van der Waals surface area contributed by atoms with Gasteiger partial charge in [-0.2, -0.15) is 0 Å². The van der Waals surface area contributed by atoms with Crippen molar-refractivity contribution in [3.63, 3.8) is 0 Å². The molecule has 0 saturated carbocycles. The van der Waals surface area contributed by atoms with E-state index in [1.807, 2.05) is 30.3 Å². The van der Waals surface area contributed by atoms with Gasteiger partial charge < -0.3 is 15.4 Å². The molecule has 0 heterocycles. The maximum absolute atomic E-state index is 13.6. The largest absolute Gasteiger partial charge is 0.497 e. The van der Waals surface area contributed by atoms with Crippen molar-refractivity contribution < 1.29 is 9.13 Å². The van der Waals surface area contributed by atoms with Gasteiger partial charge in [-0.1, -0.05) is 30.3 Å². The molecule has 2 aromatic rings. The molecule has 4 nitrogen and oxygen atoms in total. The molecule has 0 bridgehead atoms. The molecule has 2 rings (SSSR count). The number of halogens is 2. The number of hydrogen-bond donors (Lipinski definition) is 2. The minimum Gasteiger partial charge on any atom is -0.497 e. The zero-order valence-corrected chi connectivity index (χ0v) is 16.2. The zero-order chi connectivity index (χ0) is 16.5. The maximum atomic E-state index is 13.6. The second kappa shape index (κ2) is 10.9. The van der Waals surface area contributed by atoms with Crippen LogP contribution in [0.25, 0.3) is 0 Å². The Kier molecular flexibility index (Phi) is 9.14. The first-order valence-corrected chi connectivity index (χ1v) is 7.54.